The standard InChI is InChI=1S/C19H21N3O4/c20-10-16-6-7-17(26-16)11-21-12-18-13-22(8-9-24-18)19(23)25-14-15-4-2-1-3-5-15/h1-7,18,21H,8-9,11-14H2. The van der Waals surface area contributed by atoms with Gasteiger partial charge in [0.1, 0.15) is 18.4 Å². The summed E-state index contributed by atoms with van der Waals surface area (Å²) in [7, 11) is 0. The number of amides is 1. The molecule has 1 aliphatic rings. The van der Waals surface area contributed by atoms with Crippen LogP contribution >= 0.6 is 0 Å². The van der Waals surface area contributed by atoms with Crippen molar-refractivity contribution in [3.63, 3.8) is 0 Å². The Morgan fingerprint density at radius 3 is 2.92 bits per heavy atom. The Bertz CT molecular complexity index is 754. The molecule has 26 heavy (non-hydrogen) atoms. The van der Waals surface area contributed by atoms with Gasteiger partial charge >= 0.3 is 6.09 Å². The summed E-state index contributed by atoms with van der Waals surface area (Å²) in [5.41, 5.74) is 0.961. The van der Waals surface area contributed by atoms with Crippen LogP contribution in [-0.2, 0) is 22.6 Å². The minimum Gasteiger partial charge on any atom is -0.449 e. The molecule has 1 amide bonds. The van der Waals surface area contributed by atoms with Crippen LogP contribution in [0.4, 0.5) is 4.79 Å². The van der Waals surface area contributed by atoms with Crippen LogP contribution in [0.3, 0.4) is 0 Å². The molecular formula is C19H21N3O4. The van der Waals surface area contributed by atoms with E-state index in [1.807, 2.05) is 36.4 Å². The summed E-state index contributed by atoms with van der Waals surface area (Å²) in [5.74, 6) is 0.986. The zero-order chi connectivity index (χ0) is 18.2. The van der Waals surface area contributed by atoms with E-state index in [0.29, 0.717) is 44.3 Å². The van der Waals surface area contributed by atoms with Crippen LogP contribution in [0.1, 0.15) is 17.1 Å². The van der Waals surface area contributed by atoms with Crippen molar-refractivity contribution in [1.29, 1.82) is 5.26 Å². The molecule has 1 aromatic heterocycles. The summed E-state index contributed by atoms with van der Waals surface area (Å²) in [4.78, 5) is 13.9. The van der Waals surface area contributed by atoms with Crippen LogP contribution < -0.4 is 5.32 Å². The maximum absolute atomic E-state index is 12.2. The van der Waals surface area contributed by atoms with E-state index in [-0.39, 0.29) is 18.8 Å². The second-order valence-corrected chi connectivity index (χ2v) is 5.99. The normalized spacial score (nSPS) is 16.9. The van der Waals surface area contributed by atoms with Crippen LogP contribution in [-0.4, -0.2) is 43.3 Å². The number of nitrogens with zero attached hydrogens (tertiary/aromatic N) is 2. The number of nitriles is 1. The number of carbonyl (C=O) groups is 1. The van der Waals surface area contributed by atoms with E-state index < -0.39 is 0 Å². The summed E-state index contributed by atoms with van der Waals surface area (Å²) >= 11 is 0. The Morgan fingerprint density at radius 2 is 2.15 bits per heavy atom. The first kappa shape index (κ1) is 18.0. The molecular weight excluding hydrogens is 334 g/mol. The molecule has 2 aromatic rings. The van der Waals surface area contributed by atoms with E-state index in [9.17, 15) is 4.79 Å². The topological polar surface area (TPSA) is 87.7 Å². The molecule has 1 aliphatic heterocycles. The van der Waals surface area contributed by atoms with Crippen LogP contribution in [0.5, 0.6) is 0 Å². The lowest BCUT2D eigenvalue weighted by atomic mass is 10.2. The predicted molar refractivity (Wildman–Crippen MR) is 93.1 cm³/mol. The third kappa shape index (κ3) is 5.09. The third-order valence-electron chi connectivity index (χ3n) is 4.05. The number of carbonyl (C=O) groups excluding carboxylic acids is 1. The van der Waals surface area contributed by atoms with Gasteiger partial charge in [-0.2, -0.15) is 5.26 Å². The zero-order valence-electron chi connectivity index (χ0n) is 14.4. The molecule has 1 aromatic carbocycles. The molecule has 0 radical (unpaired) electrons. The highest BCUT2D eigenvalue weighted by Gasteiger charge is 2.25. The largest absolute Gasteiger partial charge is 0.449 e. The first-order chi connectivity index (χ1) is 12.7. The van der Waals surface area contributed by atoms with E-state index >= 15 is 0 Å². The van der Waals surface area contributed by atoms with Gasteiger partial charge in [-0.05, 0) is 17.7 Å². The van der Waals surface area contributed by atoms with E-state index in [0.717, 1.165) is 5.56 Å². The van der Waals surface area contributed by atoms with Crippen LogP contribution in [0, 0.1) is 11.3 Å². The van der Waals surface area contributed by atoms with Gasteiger partial charge < -0.3 is 24.1 Å². The average Bonchev–Trinajstić information content (AvgIpc) is 3.15. The fourth-order valence-electron chi connectivity index (χ4n) is 2.71. The lowest BCUT2D eigenvalue weighted by Gasteiger charge is -2.32. The smallest absolute Gasteiger partial charge is 0.410 e. The summed E-state index contributed by atoms with van der Waals surface area (Å²) < 4.78 is 16.4. The Morgan fingerprint density at radius 1 is 1.31 bits per heavy atom. The van der Waals surface area contributed by atoms with Crippen LogP contribution in [0.2, 0.25) is 0 Å². The average molecular weight is 355 g/mol. The molecule has 1 fully saturated rings. The molecule has 1 unspecified atom stereocenters. The summed E-state index contributed by atoms with van der Waals surface area (Å²) in [6, 6.07) is 15.0. The molecule has 1 saturated heterocycles. The van der Waals surface area contributed by atoms with Crippen molar-refractivity contribution in [3.8, 4) is 6.07 Å². The Kier molecular flexibility index (Phi) is 6.25. The van der Waals surface area contributed by atoms with Gasteiger partial charge in [-0.1, -0.05) is 30.3 Å². The summed E-state index contributed by atoms with van der Waals surface area (Å²) in [6.45, 7) is 2.81. The number of rotatable bonds is 6. The maximum Gasteiger partial charge on any atom is 0.410 e. The van der Waals surface area contributed by atoms with Crippen molar-refractivity contribution < 1.29 is 18.7 Å². The van der Waals surface area contributed by atoms with E-state index in [1.165, 1.54) is 0 Å². The molecule has 1 atom stereocenters. The number of morpholine rings is 1. The van der Waals surface area contributed by atoms with E-state index in [4.69, 9.17) is 19.2 Å². The second kappa shape index (κ2) is 9.04. The van der Waals surface area contributed by atoms with Crippen LogP contribution in [0.15, 0.2) is 46.9 Å². The highest BCUT2D eigenvalue weighted by atomic mass is 16.6. The molecule has 0 aliphatic carbocycles. The van der Waals surface area contributed by atoms with E-state index in [2.05, 4.69) is 5.32 Å². The monoisotopic (exact) mass is 355 g/mol. The molecule has 0 bridgehead atoms. The molecule has 1 N–H and O–H groups in total. The first-order valence-electron chi connectivity index (χ1n) is 8.51. The predicted octanol–water partition coefficient (Wildman–Crippen LogP) is 2.28. The van der Waals surface area contributed by atoms with Crippen LogP contribution in [0.25, 0.3) is 0 Å². The van der Waals surface area contributed by atoms with Crippen molar-refractivity contribution in [2.75, 3.05) is 26.2 Å². The zero-order valence-corrected chi connectivity index (χ0v) is 14.4. The molecule has 136 valence electrons. The summed E-state index contributed by atoms with van der Waals surface area (Å²) in [6.07, 6.45) is -0.440. The van der Waals surface area contributed by atoms with Gasteiger partial charge in [0, 0.05) is 13.1 Å². The minimum atomic E-state index is -0.327. The first-order valence-corrected chi connectivity index (χ1v) is 8.51. The molecule has 7 heteroatoms. The van der Waals surface area contributed by atoms with Gasteiger partial charge in [0.25, 0.3) is 0 Å². The Balaban J connectivity index is 1.40. The maximum atomic E-state index is 12.2. The van der Waals surface area contributed by atoms with Crippen molar-refractivity contribution in [2.24, 2.45) is 0 Å². The van der Waals surface area contributed by atoms with Crippen molar-refractivity contribution in [3.05, 3.63) is 59.5 Å². The second-order valence-electron chi connectivity index (χ2n) is 5.99. The lowest BCUT2D eigenvalue weighted by molar-refractivity contribution is -0.0272. The fourth-order valence-corrected chi connectivity index (χ4v) is 2.71. The number of furan rings is 1. The lowest BCUT2D eigenvalue weighted by Crippen LogP contribution is -2.49. The van der Waals surface area contributed by atoms with Crippen molar-refractivity contribution in [2.45, 2.75) is 19.3 Å². The van der Waals surface area contributed by atoms with Crippen molar-refractivity contribution in [1.82, 2.24) is 10.2 Å². The number of ether oxygens (including phenoxy) is 2. The quantitative estimate of drug-likeness (QED) is 0.855. The fraction of sp³-hybridized carbons (Fsp3) is 0.368. The Hall–Kier alpha value is -2.82. The van der Waals surface area contributed by atoms with Gasteiger partial charge in [0.2, 0.25) is 5.76 Å². The SMILES string of the molecule is N#Cc1ccc(CNCC2CN(C(=O)OCc3ccccc3)CCO2)o1. The number of benzene rings is 1. The van der Waals surface area contributed by atoms with Gasteiger partial charge in [-0.3, -0.25) is 0 Å². The highest BCUT2D eigenvalue weighted by Crippen LogP contribution is 2.10. The molecule has 2 heterocycles. The van der Waals surface area contributed by atoms with Crippen molar-refractivity contribution >= 4 is 6.09 Å². The van der Waals surface area contributed by atoms with E-state index in [1.54, 1.807) is 17.0 Å². The number of nitrogens with one attached hydrogen (secondary N) is 1. The minimum absolute atomic E-state index is 0.113. The third-order valence-corrected chi connectivity index (χ3v) is 4.05. The van der Waals surface area contributed by atoms with Gasteiger partial charge in [0.05, 0.1) is 25.8 Å². The van der Waals surface area contributed by atoms with Gasteiger partial charge in [-0.25, -0.2) is 4.79 Å². The summed E-state index contributed by atoms with van der Waals surface area (Å²) in [5, 5.41) is 12.0. The van der Waals surface area contributed by atoms with Gasteiger partial charge in [-0.15, -0.1) is 0 Å². The molecule has 3 rings (SSSR count). The molecule has 0 spiro atoms. The van der Waals surface area contributed by atoms with Gasteiger partial charge in [0.15, 0.2) is 0 Å². The molecule has 0 saturated carbocycles. The number of hydrogen-bond acceptors (Lipinski definition) is 6. The Labute approximate surface area is 152 Å². The number of hydrogen-bond donors (Lipinski definition) is 1. The molecule has 7 nitrogen and oxygen atoms in total. The highest BCUT2D eigenvalue weighted by molar-refractivity contribution is 5.67.